The molecule has 0 radical (unpaired) electrons. The number of nitrogens with one attached hydrogen (secondary N) is 1. The predicted octanol–water partition coefficient (Wildman–Crippen LogP) is 1.44. The van der Waals surface area contributed by atoms with E-state index in [2.05, 4.69) is 23.4 Å². The van der Waals surface area contributed by atoms with Crippen molar-refractivity contribution in [3.8, 4) is 0 Å². The molecule has 5 nitrogen and oxygen atoms in total. The van der Waals surface area contributed by atoms with Gasteiger partial charge in [0.25, 0.3) is 0 Å². The van der Waals surface area contributed by atoms with Gasteiger partial charge in [-0.2, -0.15) is 5.10 Å². The Morgan fingerprint density at radius 1 is 1.33 bits per heavy atom. The molecule has 18 heavy (non-hydrogen) atoms. The minimum Gasteiger partial charge on any atom is -0.382 e. The quantitative estimate of drug-likeness (QED) is 0.608. The third-order valence-corrected chi connectivity index (χ3v) is 2.54. The molecule has 0 atom stereocenters. The SMILES string of the molecule is CCCNCc1ccn(CCCOCCOC)n1. The van der Waals surface area contributed by atoms with E-state index < -0.39 is 0 Å². The highest BCUT2D eigenvalue weighted by Gasteiger charge is 1.98. The first kappa shape index (κ1) is 15.1. The Morgan fingerprint density at radius 3 is 3.00 bits per heavy atom. The Bertz CT molecular complexity index is 302. The van der Waals surface area contributed by atoms with Crippen molar-refractivity contribution in [2.24, 2.45) is 0 Å². The Hall–Kier alpha value is -0.910. The number of methoxy groups -OCH3 is 1. The Balaban J connectivity index is 2.07. The van der Waals surface area contributed by atoms with Gasteiger partial charge in [0.1, 0.15) is 0 Å². The molecule has 0 aliphatic carbocycles. The topological polar surface area (TPSA) is 48.3 Å². The summed E-state index contributed by atoms with van der Waals surface area (Å²) in [5.41, 5.74) is 1.10. The molecule has 0 aliphatic heterocycles. The van der Waals surface area contributed by atoms with Crippen LogP contribution in [-0.4, -0.2) is 43.3 Å². The normalized spacial score (nSPS) is 11.0. The number of nitrogens with zero attached hydrogens (tertiary/aromatic N) is 2. The molecule has 1 heterocycles. The highest BCUT2D eigenvalue weighted by Crippen LogP contribution is 1.97. The Labute approximate surface area is 109 Å². The second-order valence-corrected chi connectivity index (χ2v) is 4.21. The highest BCUT2D eigenvalue weighted by molar-refractivity contribution is 4.98. The molecule has 0 saturated carbocycles. The average Bonchev–Trinajstić information content (AvgIpc) is 2.82. The van der Waals surface area contributed by atoms with Crippen LogP contribution in [0.2, 0.25) is 0 Å². The summed E-state index contributed by atoms with van der Waals surface area (Å²) in [7, 11) is 1.68. The Kier molecular flexibility index (Phi) is 8.46. The number of ether oxygens (including phenoxy) is 2. The van der Waals surface area contributed by atoms with Gasteiger partial charge in [0.2, 0.25) is 0 Å². The van der Waals surface area contributed by atoms with Crippen molar-refractivity contribution in [3.05, 3.63) is 18.0 Å². The van der Waals surface area contributed by atoms with Gasteiger partial charge in [0, 0.05) is 33.0 Å². The summed E-state index contributed by atoms with van der Waals surface area (Å²) in [5.74, 6) is 0. The molecule has 0 fully saturated rings. The minimum atomic E-state index is 0.662. The summed E-state index contributed by atoms with van der Waals surface area (Å²) in [6.45, 7) is 7.05. The first-order valence-corrected chi connectivity index (χ1v) is 6.66. The molecule has 104 valence electrons. The fourth-order valence-corrected chi connectivity index (χ4v) is 1.59. The van der Waals surface area contributed by atoms with Crippen molar-refractivity contribution < 1.29 is 9.47 Å². The second-order valence-electron chi connectivity index (χ2n) is 4.21. The summed E-state index contributed by atoms with van der Waals surface area (Å²) in [4.78, 5) is 0. The van der Waals surface area contributed by atoms with Crippen molar-refractivity contribution in [2.75, 3.05) is 33.5 Å². The Morgan fingerprint density at radius 2 is 2.22 bits per heavy atom. The molecule has 5 heteroatoms. The van der Waals surface area contributed by atoms with Crippen LogP contribution in [0.1, 0.15) is 25.5 Å². The molecule has 0 unspecified atom stereocenters. The molecular formula is C13H25N3O2. The molecular weight excluding hydrogens is 230 g/mol. The lowest BCUT2D eigenvalue weighted by Gasteiger charge is -2.04. The third-order valence-electron chi connectivity index (χ3n) is 2.54. The maximum atomic E-state index is 5.40. The zero-order valence-electron chi connectivity index (χ0n) is 11.5. The van der Waals surface area contributed by atoms with E-state index >= 15 is 0 Å². The van der Waals surface area contributed by atoms with Crippen LogP contribution >= 0.6 is 0 Å². The number of rotatable bonds is 11. The van der Waals surface area contributed by atoms with Gasteiger partial charge in [-0.05, 0) is 25.5 Å². The van der Waals surface area contributed by atoms with Crippen molar-refractivity contribution in [1.29, 1.82) is 0 Å². The first-order valence-electron chi connectivity index (χ1n) is 6.66. The largest absolute Gasteiger partial charge is 0.382 e. The molecule has 1 N–H and O–H groups in total. The van der Waals surface area contributed by atoms with Gasteiger partial charge in [0.05, 0.1) is 18.9 Å². The van der Waals surface area contributed by atoms with Crippen LogP contribution in [0.15, 0.2) is 12.3 Å². The maximum absolute atomic E-state index is 5.40. The zero-order chi connectivity index (χ0) is 13.1. The lowest BCUT2D eigenvalue weighted by atomic mass is 10.4. The fourth-order valence-electron chi connectivity index (χ4n) is 1.59. The molecule has 0 spiro atoms. The highest BCUT2D eigenvalue weighted by atomic mass is 16.5. The summed E-state index contributed by atoms with van der Waals surface area (Å²) in [6.07, 6.45) is 4.16. The predicted molar refractivity (Wildman–Crippen MR) is 71.5 cm³/mol. The van der Waals surface area contributed by atoms with Gasteiger partial charge in [-0.15, -0.1) is 0 Å². The van der Waals surface area contributed by atoms with Crippen molar-refractivity contribution in [1.82, 2.24) is 15.1 Å². The van der Waals surface area contributed by atoms with E-state index in [9.17, 15) is 0 Å². The van der Waals surface area contributed by atoms with Crippen LogP contribution in [0, 0.1) is 0 Å². The van der Waals surface area contributed by atoms with E-state index in [0.29, 0.717) is 13.2 Å². The average molecular weight is 255 g/mol. The van der Waals surface area contributed by atoms with Gasteiger partial charge in [-0.3, -0.25) is 4.68 Å². The summed E-state index contributed by atoms with van der Waals surface area (Å²) in [6, 6.07) is 2.06. The van der Waals surface area contributed by atoms with Crippen molar-refractivity contribution >= 4 is 0 Å². The van der Waals surface area contributed by atoms with Crippen LogP contribution in [-0.2, 0) is 22.6 Å². The van der Waals surface area contributed by atoms with E-state index in [-0.39, 0.29) is 0 Å². The van der Waals surface area contributed by atoms with Gasteiger partial charge >= 0.3 is 0 Å². The molecule has 0 amide bonds. The van der Waals surface area contributed by atoms with Crippen LogP contribution in [0.25, 0.3) is 0 Å². The van der Waals surface area contributed by atoms with Gasteiger partial charge in [-0.25, -0.2) is 0 Å². The molecule has 1 aromatic rings. The number of aryl methyl sites for hydroxylation is 1. The van der Waals surface area contributed by atoms with Crippen LogP contribution in [0.5, 0.6) is 0 Å². The summed E-state index contributed by atoms with van der Waals surface area (Å²) >= 11 is 0. The number of aromatic nitrogens is 2. The van der Waals surface area contributed by atoms with Crippen molar-refractivity contribution in [2.45, 2.75) is 32.9 Å². The van der Waals surface area contributed by atoms with Gasteiger partial charge in [-0.1, -0.05) is 6.92 Å². The zero-order valence-corrected chi connectivity index (χ0v) is 11.5. The standard InChI is InChI=1S/C13H25N3O2/c1-3-6-14-12-13-5-8-16(15-13)7-4-9-18-11-10-17-2/h5,8,14H,3-4,6-7,9-12H2,1-2H3. The molecule has 1 rings (SSSR count). The smallest absolute Gasteiger partial charge is 0.0762 e. The minimum absolute atomic E-state index is 0.662. The monoisotopic (exact) mass is 255 g/mol. The van der Waals surface area contributed by atoms with E-state index in [1.807, 2.05) is 10.9 Å². The van der Waals surface area contributed by atoms with Crippen LogP contribution in [0.3, 0.4) is 0 Å². The van der Waals surface area contributed by atoms with E-state index in [0.717, 1.165) is 44.8 Å². The number of hydrogen-bond acceptors (Lipinski definition) is 4. The summed E-state index contributed by atoms with van der Waals surface area (Å²) in [5, 5.41) is 7.83. The van der Waals surface area contributed by atoms with Crippen molar-refractivity contribution in [3.63, 3.8) is 0 Å². The number of hydrogen-bond donors (Lipinski definition) is 1. The lowest BCUT2D eigenvalue weighted by Crippen LogP contribution is -2.14. The molecule has 0 aliphatic rings. The van der Waals surface area contributed by atoms with Gasteiger partial charge < -0.3 is 14.8 Å². The second kappa shape index (κ2) is 10.1. The van der Waals surface area contributed by atoms with E-state index in [1.165, 1.54) is 0 Å². The maximum Gasteiger partial charge on any atom is 0.0762 e. The fraction of sp³-hybridized carbons (Fsp3) is 0.769. The van der Waals surface area contributed by atoms with Gasteiger partial charge in [0.15, 0.2) is 0 Å². The summed E-state index contributed by atoms with van der Waals surface area (Å²) < 4.78 is 12.3. The van der Waals surface area contributed by atoms with E-state index in [1.54, 1.807) is 7.11 Å². The van der Waals surface area contributed by atoms with Crippen LogP contribution in [0.4, 0.5) is 0 Å². The molecule has 0 bridgehead atoms. The molecule has 0 aromatic carbocycles. The molecule has 0 saturated heterocycles. The van der Waals surface area contributed by atoms with E-state index in [4.69, 9.17) is 9.47 Å². The lowest BCUT2D eigenvalue weighted by molar-refractivity contribution is 0.0677. The molecule has 1 aromatic heterocycles. The first-order chi connectivity index (χ1) is 8.86. The van der Waals surface area contributed by atoms with Crippen LogP contribution < -0.4 is 5.32 Å². The third kappa shape index (κ3) is 6.74.